The number of aromatic nitrogens is 1. The summed E-state index contributed by atoms with van der Waals surface area (Å²) in [6, 6.07) is 20.9. The predicted octanol–water partition coefficient (Wildman–Crippen LogP) is 4.76. The molecule has 0 bridgehead atoms. The monoisotopic (exact) mass is 494 g/mol. The Morgan fingerprint density at radius 2 is 1.85 bits per heavy atom. The Morgan fingerprint density at radius 1 is 1.06 bits per heavy atom. The minimum atomic E-state index is -3.90. The van der Waals surface area contributed by atoms with E-state index in [-0.39, 0.29) is 17.2 Å². The van der Waals surface area contributed by atoms with E-state index in [0.717, 1.165) is 24.9 Å². The van der Waals surface area contributed by atoms with Gasteiger partial charge in [-0.25, -0.2) is 0 Å². The number of nitrogens with one attached hydrogen (secondary N) is 1. The molecule has 34 heavy (non-hydrogen) atoms. The molecule has 8 heteroatoms. The highest BCUT2D eigenvalue weighted by molar-refractivity contribution is 7.86. The van der Waals surface area contributed by atoms with Crippen molar-refractivity contribution in [3.8, 4) is 16.9 Å². The highest BCUT2D eigenvalue weighted by Gasteiger charge is 2.26. The van der Waals surface area contributed by atoms with E-state index < -0.39 is 15.7 Å². The molecular weight excluding hydrogens is 472 g/mol. The summed E-state index contributed by atoms with van der Waals surface area (Å²) in [7, 11) is -1.81. The lowest BCUT2D eigenvalue weighted by molar-refractivity contribution is 0.295. The van der Waals surface area contributed by atoms with Gasteiger partial charge in [-0.05, 0) is 47.5 Å². The van der Waals surface area contributed by atoms with Gasteiger partial charge in [0.25, 0.3) is 5.56 Å². The summed E-state index contributed by atoms with van der Waals surface area (Å²) in [6.45, 7) is 1.71. The normalized spacial score (nSPS) is 16.4. The van der Waals surface area contributed by atoms with Crippen LogP contribution in [0.25, 0.3) is 22.0 Å². The summed E-state index contributed by atoms with van der Waals surface area (Å²) < 4.78 is 29.6. The number of hydrogen-bond acceptors (Lipinski definition) is 5. The zero-order valence-electron chi connectivity index (χ0n) is 18.7. The third kappa shape index (κ3) is 4.34. The topological polar surface area (TPSA) is 79.5 Å². The zero-order chi connectivity index (χ0) is 24.0. The SMILES string of the molecule is CN1Cc2ccccc2[C@@H](c2cccc(-c3c(OS(C)(=O)=O)c4ccc(Cl)cc4[nH]c3=O)c2)C1. The molecule has 1 aliphatic rings. The van der Waals surface area contributed by atoms with Crippen molar-refractivity contribution in [1.82, 2.24) is 9.88 Å². The number of nitrogens with zero attached hydrogens (tertiary/aromatic N) is 1. The quantitative estimate of drug-likeness (QED) is 0.414. The lowest BCUT2D eigenvalue weighted by atomic mass is 9.84. The molecule has 1 N–H and O–H groups in total. The van der Waals surface area contributed by atoms with E-state index in [4.69, 9.17) is 15.8 Å². The first-order chi connectivity index (χ1) is 16.2. The van der Waals surface area contributed by atoms with Crippen molar-refractivity contribution < 1.29 is 12.6 Å². The Kier molecular flexibility index (Phi) is 5.72. The number of pyridine rings is 1. The second-order valence-corrected chi connectivity index (χ2v) is 10.7. The molecule has 1 atom stereocenters. The van der Waals surface area contributed by atoms with E-state index in [0.29, 0.717) is 21.5 Å². The summed E-state index contributed by atoms with van der Waals surface area (Å²) in [4.78, 5) is 18.3. The van der Waals surface area contributed by atoms with E-state index in [1.54, 1.807) is 24.3 Å². The van der Waals surface area contributed by atoms with Gasteiger partial charge in [-0.1, -0.05) is 60.1 Å². The zero-order valence-corrected chi connectivity index (χ0v) is 20.3. The first-order valence-corrected chi connectivity index (χ1v) is 13.0. The predicted molar refractivity (Wildman–Crippen MR) is 135 cm³/mol. The molecule has 0 radical (unpaired) electrons. The molecule has 1 aliphatic heterocycles. The van der Waals surface area contributed by atoms with E-state index in [1.807, 2.05) is 30.3 Å². The maximum absolute atomic E-state index is 13.2. The van der Waals surface area contributed by atoms with Crippen LogP contribution in [0.15, 0.2) is 71.5 Å². The van der Waals surface area contributed by atoms with Gasteiger partial charge in [0.15, 0.2) is 5.75 Å². The largest absolute Gasteiger partial charge is 0.381 e. The van der Waals surface area contributed by atoms with Gasteiger partial charge < -0.3 is 14.1 Å². The summed E-state index contributed by atoms with van der Waals surface area (Å²) in [5.41, 5.74) is 4.27. The Bertz CT molecular complexity index is 1580. The van der Waals surface area contributed by atoms with Gasteiger partial charge in [-0.3, -0.25) is 4.79 Å². The molecule has 0 amide bonds. The number of rotatable bonds is 4. The second kappa shape index (κ2) is 8.58. The molecule has 0 saturated carbocycles. The number of fused-ring (bicyclic) bond motifs is 2. The van der Waals surface area contributed by atoms with Crippen LogP contribution in [0.4, 0.5) is 0 Å². The Balaban J connectivity index is 1.71. The number of halogens is 1. The molecule has 0 saturated heterocycles. The Hall–Kier alpha value is -3.13. The summed E-state index contributed by atoms with van der Waals surface area (Å²) in [6.07, 6.45) is 0.963. The molecule has 0 spiro atoms. The third-order valence-electron chi connectivity index (χ3n) is 6.11. The maximum Gasteiger partial charge on any atom is 0.306 e. The number of likely N-dealkylation sites (N-methyl/N-ethyl adjacent to an activating group) is 1. The number of benzene rings is 3. The lowest BCUT2D eigenvalue weighted by Crippen LogP contribution is -2.30. The average Bonchev–Trinajstić information content (AvgIpc) is 2.77. The first-order valence-electron chi connectivity index (χ1n) is 10.8. The smallest absolute Gasteiger partial charge is 0.306 e. The van der Waals surface area contributed by atoms with Crippen LogP contribution < -0.4 is 9.74 Å². The molecule has 1 aromatic heterocycles. The number of H-pyrrole nitrogens is 1. The van der Waals surface area contributed by atoms with Crippen LogP contribution in [0, 0.1) is 0 Å². The van der Waals surface area contributed by atoms with Crippen LogP contribution in [0.2, 0.25) is 5.02 Å². The Labute approximate surface area is 202 Å². The molecule has 3 aromatic carbocycles. The van der Waals surface area contributed by atoms with Gasteiger partial charge >= 0.3 is 10.1 Å². The van der Waals surface area contributed by atoms with Crippen LogP contribution in [0.5, 0.6) is 5.75 Å². The minimum absolute atomic E-state index is 0.00349. The van der Waals surface area contributed by atoms with Crippen molar-refractivity contribution in [2.45, 2.75) is 12.5 Å². The van der Waals surface area contributed by atoms with Crippen LogP contribution in [-0.4, -0.2) is 38.1 Å². The summed E-state index contributed by atoms with van der Waals surface area (Å²) in [5.74, 6) is 0.115. The van der Waals surface area contributed by atoms with Gasteiger partial charge in [0.1, 0.15) is 0 Å². The van der Waals surface area contributed by atoms with E-state index in [9.17, 15) is 13.2 Å². The molecule has 0 unspecified atom stereocenters. The average molecular weight is 495 g/mol. The molecule has 6 nitrogen and oxygen atoms in total. The second-order valence-electron chi connectivity index (χ2n) is 8.71. The molecular formula is C26H23ClN2O4S. The van der Waals surface area contributed by atoms with Gasteiger partial charge in [0.2, 0.25) is 0 Å². The van der Waals surface area contributed by atoms with Gasteiger partial charge in [0.05, 0.1) is 17.3 Å². The molecule has 2 heterocycles. The first kappa shape index (κ1) is 22.7. The van der Waals surface area contributed by atoms with E-state index in [2.05, 4.69) is 29.1 Å². The van der Waals surface area contributed by atoms with Crippen molar-refractivity contribution in [1.29, 1.82) is 0 Å². The molecule has 174 valence electrons. The minimum Gasteiger partial charge on any atom is -0.381 e. The fourth-order valence-electron chi connectivity index (χ4n) is 4.72. The van der Waals surface area contributed by atoms with Crippen LogP contribution in [0.3, 0.4) is 0 Å². The van der Waals surface area contributed by atoms with Crippen LogP contribution in [-0.2, 0) is 16.7 Å². The van der Waals surface area contributed by atoms with E-state index >= 15 is 0 Å². The third-order valence-corrected chi connectivity index (χ3v) is 6.81. The fraction of sp³-hybridized carbons (Fsp3) is 0.192. The van der Waals surface area contributed by atoms with Crippen LogP contribution in [0.1, 0.15) is 22.6 Å². The van der Waals surface area contributed by atoms with Crippen LogP contribution >= 0.6 is 11.6 Å². The lowest BCUT2D eigenvalue weighted by Gasteiger charge is -2.32. The number of hydrogen-bond donors (Lipinski definition) is 1. The van der Waals surface area contributed by atoms with Gasteiger partial charge in [0, 0.05) is 29.4 Å². The highest BCUT2D eigenvalue weighted by atomic mass is 35.5. The fourth-order valence-corrected chi connectivity index (χ4v) is 5.37. The number of aromatic amines is 1. The van der Waals surface area contributed by atoms with Crippen molar-refractivity contribution in [3.63, 3.8) is 0 Å². The standard InChI is InChI=1S/C26H23ClN2O4S/c1-29-14-18-6-3-4-9-20(18)22(15-29)16-7-5-8-17(12-16)24-25(33-34(2,31)32)21-11-10-19(27)13-23(21)28-26(24)30/h3-13,22H,14-15H2,1-2H3,(H,28,30)/t22-/m1/s1. The molecule has 5 rings (SSSR count). The summed E-state index contributed by atoms with van der Waals surface area (Å²) >= 11 is 6.09. The van der Waals surface area contributed by atoms with Gasteiger partial charge in [-0.15, -0.1) is 0 Å². The van der Waals surface area contributed by atoms with Crippen molar-refractivity contribution in [2.24, 2.45) is 0 Å². The highest BCUT2D eigenvalue weighted by Crippen LogP contribution is 2.38. The van der Waals surface area contributed by atoms with Crippen molar-refractivity contribution in [2.75, 3.05) is 19.8 Å². The maximum atomic E-state index is 13.2. The Morgan fingerprint density at radius 3 is 2.65 bits per heavy atom. The van der Waals surface area contributed by atoms with Crippen molar-refractivity contribution in [3.05, 3.63) is 98.8 Å². The molecule has 0 aliphatic carbocycles. The van der Waals surface area contributed by atoms with Gasteiger partial charge in [-0.2, -0.15) is 8.42 Å². The summed E-state index contributed by atoms with van der Waals surface area (Å²) in [5, 5.41) is 0.876. The van der Waals surface area contributed by atoms with Crippen molar-refractivity contribution >= 4 is 32.6 Å². The molecule has 0 fully saturated rings. The van der Waals surface area contributed by atoms with E-state index in [1.165, 1.54) is 11.1 Å². The molecule has 4 aromatic rings.